The van der Waals surface area contributed by atoms with E-state index in [1.54, 1.807) is 4.90 Å². The number of hydrogen-bond acceptors (Lipinski definition) is 5. The number of carbonyl (C=O) groups is 3. The minimum Gasteiger partial charge on any atom is -0.480 e. The molecule has 3 fully saturated rings. The van der Waals surface area contributed by atoms with Gasteiger partial charge in [0.05, 0.1) is 12.1 Å². The number of aliphatic hydroxyl groups excluding tert-OH is 1. The van der Waals surface area contributed by atoms with Gasteiger partial charge in [-0.2, -0.15) is 0 Å². The van der Waals surface area contributed by atoms with Gasteiger partial charge in [-0.1, -0.05) is 0 Å². The monoisotopic (exact) mass is 325 g/mol. The molecule has 4 atom stereocenters. The van der Waals surface area contributed by atoms with Gasteiger partial charge in [-0.15, -0.1) is 0 Å². The van der Waals surface area contributed by atoms with Crippen LogP contribution in [0.15, 0.2) is 0 Å². The van der Waals surface area contributed by atoms with Crippen LogP contribution < -0.4 is 5.32 Å². The van der Waals surface area contributed by atoms with Gasteiger partial charge in [0.2, 0.25) is 11.8 Å². The van der Waals surface area contributed by atoms with Crippen LogP contribution in [-0.2, 0) is 14.4 Å². The van der Waals surface area contributed by atoms with Gasteiger partial charge in [-0.25, -0.2) is 4.79 Å². The van der Waals surface area contributed by atoms with Gasteiger partial charge in [-0.3, -0.25) is 9.59 Å². The summed E-state index contributed by atoms with van der Waals surface area (Å²) < 4.78 is 0. The second-order valence-corrected chi connectivity index (χ2v) is 6.57. The Labute approximate surface area is 134 Å². The first-order chi connectivity index (χ1) is 11.0. The average Bonchev–Trinajstić information content (AvgIpc) is 3.25. The minimum absolute atomic E-state index is 0.163. The lowest BCUT2D eigenvalue weighted by atomic mass is 10.1. The van der Waals surface area contributed by atoms with Gasteiger partial charge in [-0.05, 0) is 32.1 Å². The van der Waals surface area contributed by atoms with E-state index >= 15 is 0 Å². The third-order valence-corrected chi connectivity index (χ3v) is 5.05. The van der Waals surface area contributed by atoms with E-state index in [-0.39, 0.29) is 11.8 Å². The largest absolute Gasteiger partial charge is 0.480 e. The van der Waals surface area contributed by atoms with Crippen LogP contribution in [0.2, 0.25) is 0 Å². The number of carboxylic acid groups (broad SMARTS) is 1. The van der Waals surface area contributed by atoms with Gasteiger partial charge < -0.3 is 25.3 Å². The van der Waals surface area contributed by atoms with Crippen molar-refractivity contribution >= 4 is 17.8 Å². The van der Waals surface area contributed by atoms with Crippen molar-refractivity contribution < 1.29 is 24.6 Å². The zero-order valence-electron chi connectivity index (χ0n) is 13.0. The predicted octanol–water partition coefficient (Wildman–Crippen LogP) is -1.22. The molecular formula is C15H23N3O5. The molecule has 8 heteroatoms. The second kappa shape index (κ2) is 6.45. The number of amides is 2. The van der Waals surface area contributed by atoms with Crippen molar-refractivity contribution in [3.8, 4) is 0 Å². The van der Waals surface area contributed by atoms with Gasteiger partial charge in [0.1, 0.15) is 12.1 Å². The van der Waals surface area contributed by atoms with Crippen LogP contribution in [0.25, 0.3) is 0 Å². The van der Waals surface area contributed by atoms with E-state index in [4.69, 9.17) is 0 Å². The highest BCUT2D eigenvalue weighted by Gasteiger charge is 2.44. The molecule has 0 bridgehead atoms. The summed E-state index contributed by atoms with van der Waals surface area (Å²) >= 11 is 0. The standard InChI is InChI=1S/C15H23N3O5/c19-9-7-10(16-8-9)13(20)17-5-1-3-11(17)14(21)18-6-2-4-12(18)15(22)23/h9-12,16,19H,1-8H2,(H,22,23)/t9-,10+,11+,12+/m1/s1. The maximum absolute atomic E-state index is 12.8. The summed E-state index contributed by atoms with van der Waals surface area (Å²) in [6, 6.07) is -1.79. The highest BCUT2D eigenvalue weighted by molar-refractivity contribution is 5.92. The first-order valence-electron chi connectivity index (χ1n) is 8.24. The van der Waals surface area contributed by atoms with E-state index in [1.807, 2.05) is 0 Å². The molecule has 23 heavy (non-hydrogen) atoms. The number of carbonyl (C=O) groups excluding carboxylic acids is 2. The fourth-order valence-corrected chi connectivity index (χ4v) is 3.87. The molecule has 0 unspecified atom stereocenters. The fourth-order valence-electron chi connectivity index (χ4n) is 3.87. The Morgan fingerprint density at radius 2 is 1.57 bits per heavy atom. The van der Waals surface area contributed by atoms with E-state index in [2.05, 4.69) is 5.32 Å². The summed E-state index contributed by atoms with van der Waals surface area (Å²) in [5.74, 6) is -1.39. The van der Waals surface area contributed by atoms with Crippen LogP contribution in [0.3, 0.4) is 0 Å². The summed E-state index contributed by atoms with van der Waals surface area (Å²) in [6.07, 6.45) is 2.29. The van der Waals surface area contributed by atoms with Crippen molar-refractivity contribution in [2.45, 2.75) is 56.3 Å². The van der Waals surface area contributed by atoms with E-state index < -0.39 is 30.2 Å². The smallest absolute Gasteiger partial charge is 0.326 e. The number of β-amino-alcohol motifs (C(OH)–C–C–N with tert-alkyl or cyclic N) is 1. The maximum atomic E-state index is 12.8. The molecule has 0 spiro atoms. The Hall–Kier alpha value is -1.67. The number of likely N-dealkylation sites (tertiary alicyclic amines) is 2. The number of carboxylic acids is 1. The van der Waals surface area contributed by atoms with Crippen molar-refractivity contribution in [1.29, 1.82) is 0 Å². The normalized spacial score (nSPS) is 34.1. The van der Waals surface area contributed by atoms with Crippen molar-refractivity contribution in [3.05, 3.63) is 0 Å². The van der Waals surface area contributed by atoms with Crippen LogP contribution in [-0.4, -0.2) is 81.7 Å². The Bertz CT molecular complexity index is 511. The second-order valence-electron chi connectivity index (χ2n) is 6.57. The number of rotatable bonds is 3. The molecule has 0 saturated carbocycles. The molecule has 0 aromatic rings. The highest BCUT2D eigenvalue weighted by atomic mass is 16.4. The van der Waals surface area contributed by atoms with Crippen LogP contribution in [0.5, 0.6) is 0 Å². The third kappa shape index (κ3) is 3.05. The van der Waals surface area contributed by atoms with Crippen LogP contribution >= 0.6 is 0 Å². The van der Waals surface area contributed by atoms with Crippen LogP contribution in [0.1, 0.15) is 32.1 Å². The first kappa shape index (κ1) is 16.2. The molecule has 0 aromatic heterocycles. The molecule has 3 saturated heterocycles. The van der Waals surface area contributed by atoms with Crippen molar-refractivity contribution in [1.82, 2.24) is 15.1 Å². The minimum atomic E-state index is -0.979. The molecule has 128 valence electrons. The summed E-state index contributed by atoms with van der Waals surface area (Å²) in [7, 11) is 0. The molecule has 3 rings (SSSR count). The average molecular weight is 325 g/mol. The molecule has 0 aliphatic carbocycles. The number of aliphatic hydroxyl groups is 1. The maximum Gasteiger partial charge on any atom is 0.326 e. The summed E-state index contributed by atoms with van der Waals surface area (Å²) in [5, 5.41) is 21.8. The number of nitrogens with zero attached hydrogens (tertiary/aromatic N) is 2. The lowest BCUT2D eigenvalue weighted by Gasteiger charge is -2.31. The van der Waals surface area contributed by atoms with Gasteiger partial charge in [0.25, 0.3) is 0 Å². The van der Waals surface area contributed by atoms with Crippen molar-refractivity contribution in [3.63, 3.8) is 0 Å². The van der Waals surface area contributed by atoms with Gasteiger partial charge >= 0.3 is 5.97 Å². The zero-order chi connectivity index (χ0) is 16.6. The predicted molar refractivity (Wildman–Crippen MR) is 79.5 cm³/mol. The lowest BCUT2D eigenvalue weighted by Crippen LogP contribution is -2.53. The SMILES string of the molecule is O=C(O)[C@@H]1CCCN1C(=O)[C@@H]1CCCN1C(=O)[C@@H]1C[C@@H](O)CN1. The third-order valence-electron chi connectivity index (χ3n) is 5.05. The van der Waals surface area contributed by atoms with Gasteiger partial charge in [0, 0.05) is 19.6 Å². The van der Waals surface area contributed by atoms with Gasteiger partial charge in [0.15, 0.2) is 0 Å². The van der Waals surface area contributed by atoms with Crippen LogP contribution in [0.4, 0.5) is 0 Å². The molecule has 8 nitrogen and oxygen atoms in total. The number of nitrogens with one attached hydrogen (secondary N) is 1. The molecule has 3 aliphatic heterocycles. The van der Waals surface area contributed by atoms with E-state index in [9.17, 15) is 24.6 Å². The summed E-state index contributed by atoms with van der Waals surface area (Å²) in [4.78, 5) is 39.6. The van der Waals surface area contributed by atoms with Crippen molar-refractivity contribution in [2.24, 2.45) is 0 Å². The molecule has 3 heterocycles. The molecule has 3 N–H and O–H groups in total. The molecule has 0 aromatic carbocycles. The first-order valence-corrected chi connectivity index (χ1v) is 8.24. The molecule has 3 aliphatic rings. The molecular weight excluding hydrogens is 302 g/mol. The lowest BCUT2D eigenvalue weighted by molar-refractivity contribution is -0.152. The zero-order valence-corrected chi connectivity index (χ0v) is 13.0. The van der Waals surface area contributed by atoms with Crippen LogP contribution in [0, 0.1) is 0 Å². The summed E-state index contributed by atoms with van der Waals surface area (Å²) in [5.41, 5.74) is 0. The molecule has 0 radical (unpaired) electrons. The Balaban J connectivity index is 1.70. The highest BCUT2D eigenvalue weighted by Crippen LogP contribution is 2.26. The quantitative estimate of drug-likeness (QED) is 0.600. The van der Waals surface area contributed by atoms with E-state index in [1.165, 1.54) is 4.90 Å². The summed E-state index contributed by atoms with van der Waals surface area (Å²) in [6.45, 7) is 1.33. The van der Waals surface area contributed by atoms with E-state index in [0.29, 0.717) is 45.3 Å². The van der Waals surface area contributed by atoms with Crippen molar-refractivity contribution in [2.75, 3.05) is 19.6 Å². The molecule has 2 amide bonds. The Morgan fingerprint density at radius 1 is 0.957 bits per heavy atom. The Morgan fingerprint density at radius 3 is 2.13 bits per heavy atom. The van der Waals surface area contributed by atoms with E-state index in [0.717, 1.165) is 6.42 Å². The number of hydrogen-bond donors (Lipinski definition) is 3. The Kier molecular flexibility index (Phi) is 4.54. The fraction of sp³-hybridized carbons (Fsp3) is 0.800. The topological polar surface area (TPSA) is 110 Å². The number of aliphatic carboxylic acids is 1.